The van der Waals surface area contributed by atoms with E-state index in [1.165, 1.54) is 23.9 Å². The molecular weight excluding hydrogens is 389 g/mol. The van der Waals surface area contributed by atoms with E-state index in [1.54, 1.807) is 28.6 Å². The molecule has 0 spiro atoms. The molecule has 0 aliphatic heterocycles. The minimum Gasteiger partial charge on any atom is -0.338 e. The lowest BCUT2D eigenvalue weighted by molar-refractivity contribution is -0.128. The van der Waals surface area contributed by atoms with E-state index in [1.807, 2.05) is 38.1 Å². The maximum atomic E-state index is 13.2. The number of amides is 1. The average molecular weight is 409 g/mol. The minimum atomic E-state index is -0.292. The van der Waals surface area contributed by atoms with Crippen molar-refractivity contribution in [3.63, 3.8) is 0 Å². The fourth-order valence-corrected chi connectivity index (χ4v) is 4.00. The van der Waals surface area contributed by atoms with Gasteiger partial charge in [0, 0.05) is 12.4 Å². The van der Waals surface area contributed by atoms with Crippen LogP contribution in [0.2, 0.25) is 0 Å². The molecule has 2 aromatic heterocycles. The predicted molar refractivity (Wildman–Crippen MR) is 111 cm³/mol. The van der Waals surface area contributed by atoms with Crippen LogP contribution in [0.4, 0.5) is 4.39 Å². The number of aromatic nitrogens is 4. The van der Waals surface area contributed by atoms with Crippen molar-refractivity contribution in [2.24, 2.45) is 0 Å². The zero-order chi connectivity index (χ0) is 20.5. The summed E-state index contributed by atoms with van der Waals surface area (Å²) < 4.78 is 14.8. The molecule has 1 atom stereocenters. The fourth-order valence-electron chi connectivity index (χ4n) is 3.14. The predicted octanol–water partition coefficient (Wildman–Crippen LogP) is 4.04. The molecule has 4 aromatic rings. The number of halogens is 1. The second kappa shape index (κ2) is 7.79. The number of para-hydroxylation sites is 1. The number of nitrogens with zero attached hydrogens (tertiary/aromatic N) is 5. The zero-order valence-electron chi connectivity index (χ0n) is 16.3. The van der Waals surface area contributed by atoms with Gasteiger partial charge in [-0.15, -0.1) is 5.10 Å². The standard InChI is InChI=1S/C21H20FN5OS/c1-13(15-8-10-16(22)11-9-15)26(3)19(28)12-29-21-24-18-7-5-4-6-17(18)20-23-14(2)25-27(20)21/h4-11,13H,12H2,1-3H3. The van der Waals surface area contributed by atoms with Crippen molar-refractivity contribution in [3.8, 4) is 0 Å². The van der Waals surface area contributed by atoms with Crippen LogP contribution >= 0.6 is 11.8 Å². The number of hydrogen-bond donors (Lipinski definition) is 0. The third kappa shape index (κ3) is 3.80. The Labute approximate surface area is 171 Å². The summed E-state index contributed by atoms with van der Waals surface area (Å²) in [7, 11) is 1.75. The molecule has 6 nitrogen and oxygen atoms in total. The van der Waals surface area contributed by atoms with Crippen LogP contribution in [0.5, 0.6) is 0 Å². The van der Waals surface area contributed by atoms with Gasteiger partial charge in [0.1, 0.15) is 11.6 Å². The zero-order valence-corrected chi connectivity index (χ0v) is 17.2. The Morgan fingerprint density at radius 1 is 1.17 bits per heavy atom. The Morgan fingerprint density at radius 3 is 2.66 bits per heavy atom. The van der Waals surface area contributed by atoms with Crippen LogP contribution in [0.15, 0.2) is 53.7 Å². The van der Waals surface area contributed by atoms with E-state index in [2.05, 4.69) is 15.1 Å². The SMILES string of the molecule is Cc1nc2c3ccccc3nc(SCC(=O)N(C)C(C)c3ccc(F)cc3)n2n1. The lowest BCUT2D eigenvalue weighted by Crippen LogP contribution is -2.31. The maximum Gasteiger partial charge on any atom is 0.233 e. The molecule has 29 heavy (non-hydrogen) atoms. The van der Waals surface area contributed by atoms with Crippen LogP contribution in [-0.2, 0) is 4.79 Å². The highest BCUT2D eigenvalue weighted by molar-refractivity contribution is 7.99. The van der Waals surface area contributed by atoms with Gasteiger partial charge in [0.25, 0.3) is 0 Å². The van der Waals surface area contributed by atoms with Gasteiger partial charge in [0.05, 0.1) is 17.3 Å². The van der Waals surface area contributed by atoms with Gasteiger partial charge in [-0.1, -0.05) is 36.0 Å². The van der Waals surface area contributed by atoms with Crippen molar-refractivity contribution >= 4 is 34.2 Å². The monoisotopic (exact) mass is 409 g/mol. The van der Waals surface area contributed by atoms with Gasteiger partial charge in [-0.3, -0.25) is 4.79 Å². The van der Waals surface area contributed by atoms with Crippen molar-refractivity contribution in [2.45, 2.75) is 25.0 Å². The normalized spacial score (nSPS) is 12.4. The van der Waals surface area contributed by atoms with E-state index in [4.69, 9.17) is 0 Å². The number of rotatable bonds is 5. The van der Waals surface area contributed by atoms with E-state index in [9.17, 15) is 9.18 Å². The number of thioether (sulfide) groups is 1. The van der Waals surface area contributed by atoms with Crippen molar-refractivity contribution < 1.29 is 9.18 Å². The first-order valence-corrected chi connectivity index (χ1v) is 10.2. The molecule has 0 bridgehead atoms. The smallest absolute Gasteiger partial charge is 0.233 e. The van der Waals surface area contributed by atoms with Gasteiger partial charge in [-0.25, -0.2) is 14.4 Å². The van der Waals surface area contributed by atoms with E-state index < -0.39 is 0 Å². The lowest BCUT2D eigenvalue weighted by Gasteiger charge is -2.25. The fraction of sp³-hybridized carbons (Fsp3) is 0.238. The van der Waals surface area contributed by atoms with Gasteiger partial charge >= 0.3 is 0 Å². The number of hydrogen-bond acceptors (Lipinski definition) is 5. The van der Waals surface area contributed by atoms with Crippen molar-refractivity contribution in [3.05, 3.63) is 65.7 Å². The molecule has 1 unspecified atom stereocenters. The molecule has 0 saturated heterocycles. The Kier molecular flexibility index (Phi) is 5.19. The topological polar surface area (TPSA) is 63.4 Å². The summed E-state index contributed by atoms with van der Waals surface area (Å²) in [5.74, 6) is 0.520. The first-order chi connectivity index (χ1) is 13.9. The Balaban J connectivity index is 1.55. The Hall–Kier alpha value is -3.00. The molecule has 4 rings (SSSR count). The van der Waals surface area contributed by atoms with E-state index in [0.717, 1.165) is 22.1 Å². The highest BCUT2D eigenvalue weighted by atomic mass is 32.2. The number of benzene rings is 2. The van der Waals surface area contributed by atoms with Crippen LogP contribution < -0.4 is 0 Å². The summed E-state index contributed by atoms with van der Waals surface area (Å²) in [6.45, 7) is 3.75. The van der Waals surface area contributed by atoms with Crippen LogP contribution in [0, 0.1) is 12.7 Å². The molecule has 0 aliphatic rings. The van der Waals surface area contributed by atoms with E-state index in [-0.39, 0.29) is 23.5 Å². The molecule has 8 heteroatoms. The molecular formula is C21H20FN5OS. The summed E-state index contributed by atoms with van der Waals surface area (Å²) in [6.07, 6.45) is 0. The molecule has 0 saturated carbocycles. The van der Waals surface area contributed by atoms with Crippen molar-refractivity contribution in [1.29, 1.82) is 0 Å². The van der Waals surface area contributed by atoms with Crippen LogP contribution in [0.3, 0.4) is 0 Å². The summed E-state index contributed by atoms with van der Waals surface area (Å²) in [5, 5.41) is 5.98. The highest BCUT2D eigenvalue weighted by Crippen LogP contribution is 2.25. The number of carbonyl (C=O) groups is 1. The molecule has 0 fully saturated rings. The Bertz CT molecular complexity index is 1190. The molecule has 1 amide bonds. The van der Waals surface area contributed by atoms with Crippen molar-refractivity contribution in [1.82, 2.24) is 24.5 Å². The van der Waals surface area contributed by atoms with Gasteiger partial charge in [-0.05, 0) is 43.7 Å². The van der Waals surface area contributed by atoms with Gasteiger partial charge in [0.2, 0.25) is 5.91 Å². The summed E-state index contributed by atoms with van der Waals surface area (Å²) in [6, 6.07) is 13.8. The van der Waals surface area contributed by atoms with E-state index in [0.29, 0.717) is 11.0 Å². The first kappa shape index (κ1) is 19.3. The maximum absolute atomic E-state index is 13.2. The number of fused-ring (bicyclic) bond motifs is 3. The first-order valence-electron chi connectivity index (χ1n) is 9.20. The second-order valence-corrected chi connectivity index (χ2v) is 7.77. The summed E-state index contributed by atoms with van der Waals surface area (Å²) in [5.41, 5.74) is 2.43. The number of aryl methyl sites for hydroxylation is 1. The lowest BCUT2D eigenvalue weighted by atomic mass is 10.1. The van der Waals surface area contributed by atoms with Crippen LogP contribution in [-0.4, -0.2) is 43.2 Å². The second-order valence-electron chi connectivity index (χ2n) is 6.83. The van der Waals surface area contributed by atoms with Crippen LogP contribution in [0.25, 0.3) is 16.6 Å². The largest absolute Gasteiger partial charge is 0.338 e. The average Bonchev–Trinajstić information content (AvgIpc) is 3.13. The molecule has 0 aliphatic carbocycles. The molecule has 0 N–H and O–H groups in total. The minimum absolute atomic E-state index is 0.0493. The Morgan fingerprint density at radius 2 is 1.90 bits per heavy atom. The molecule has 2 heterocycles. The molecule has 2 aromatic carbocycles. The summed E-state index contributed by atoms with van der Waals surface area (Å²) in [4.78, 5) is 23.6. The number of carbonyl (C=O) groups excluding carboxylic acids is 1. The third-order valence-corrected chi connectivity index (χ3v) is 5.82. The summed E-state index contributed by atoms with van der Waals surface area (Å²) >= 11 is 1.33. The van der Waals surface area contributed by atoms with Gasteiger partial charge in [-0.2, -0.15) is 4.52 Å². The van der Waals surface area contributed by atoms with Crippen molar-refractivity contribution in [2.75, 3.05) is 12.8 Å². The van der Waals surface area contributed by atoms with Gasteiger partial charge < -0.3 is 4.90 Å². The van der Waals surface area contributed by atoms with Gasteiger partial charge in [0.15, 0.2) is 10.8 Å². The molecule has 148 valence electrons. The quantitative estimate of drug-likeness (QED) is 0.368. The van der Waals surface area contributed by atoms with Crippen LogP contribution in [0.1, 0.15) is 24.4 Å². The molecule has 0 radical (unpaired) electrons. The van der Waals surface area contributed by atoms with E-state index >= 15 is 0 Å². The third-order valence-electron chi connectivity index (χ3n) is 4.91. The highest BCUT2D eigenvalue weighted by Gasteiger charge is 2.19.